The lowest BCUT2D eigenvalue weighted by atomic mass is 9.69. The van der Waals surface area contributed by atoms with E-state index in [0.717, 1.165) is 57.2 Å². The maximum atomic E-state index is 13.4. The molecule has 1 saturated carbocycles. The Morgan fingerprint density at radius 2 is 1.96 bits per heavy atom. The van der Waals surface area contributed by atoms with Gasteiger partial charge in [-0.3, -0.25) is 9.48 Å². The van der Waals surface area contributed by atoms with Crippen molar-refractivity contribution in [3.8, 4) is 0 Å². The third-order valence-electron chi connectivity index (χ3n) is 6.34. The van der Waals surface area contributed by atoms with Crippen molar-refractivity contribution in [2.75, 3.05) is 19.6 Å². The molecular weight excluding hydrogens is 355 g/mol. The number of aromatic nitrogens is 2. The van der Waals surface area contributed by atoms with Gasteiger partial charge in [-0.1, -0.05) is 31.4 Å². The van der Waals surface area contributed by atoms with Crippen molar-refractivity contribution in [3.63, 3.8) is 0 Å². The van der Waals surface area contributed by atoms with Gasteiger partial charge in [0.1, 0.15) is 11.5 Å². The number of carbonyl (C=O) groups excluding carboxylic acids is 1. The number of amides is 1. The third-order valence-corrected chi connectivity index (χ3v) is 6.34. The Morgan fingerprint density at radius 1 is 1.18 bits per heavy atom. The molecule has 1 unspecified atom stereocenters. The highest BCUT2D eigenvalue weighted by Gasteiger charge is 2.34. The van der Waals surface area contributed by atoms with Gasteiger partial charge in [-0.25, -0.2) is 4.39 Å². The lowest BCUT2D eigenvalue weighted by Gasteiger charge is -2.38. The monoisotopic (exact) mass is 384 g/mol. The summed E-state index contributed by atoms with van der Waals surface area (Å²) in [6.45, 7) is 2.52. The molecule has 6 heteroatoms. The van der Waals surface area contributed by atoms with Crippen molar-refractivity contribution in [3.05, 3.63) is 53.6 Å². The molecular formula is C22H29FN4O. The fraction of sp³-hybridized carbons (Fsp3) is 0.545. The number of nitrogens with zero attached hydrogens (tertiary/aromatic N) is 2. The highest BCUT2D eigenvalue weighted by Crippen LogP contribution is 2.39. The van der Waals surface area contributed by atoms with E-state index < -0.39 is 0 Å². The second kappa shape index (κ2) is 8.43. The topological polar surface area (TPSA) is 59.0 Å². The van der Waals surface area contributed by atoms with Crippen LogP contribution in [0.1, 0.15) is 67.0 Å². The molecule has 1 aliphatic carbocycles. The normalized spacial score (nSPS) is 22.0. The van der Waals surface area contributed by atoms with Crippen LogP contribution in [0, 0.1) is 5.82 Å². The van der Waals surface area contributed by atoms with Crippen LogP contribution in [0.4, 0.5) is 4.39 Å². The summed E-state index contributed by atoms with van der Waals surface area (Å²) in [5, 5.41) is 11.0. The van der Waals surface area contributed by atoms with Crippen LogP contribution in [0.3, 0.4) is 0 Å². The first kappa shape index (κ1) is 19.1. The van der Waals surface area contributed by atoms with Gasteiger partial charge in [0.05, 0.1) is 6.04 Å². The molecule has 2 aliphatic rings. The van der Waals surface area contributed by atoms with Gasteiger partial charge in [0.2, 0.25) is 0 Å². The predicted molar refractivity (Wildman–Crippen MR) is 107 cm³/mol. The smallest absolute Gasteiger partial charge is 0.271 e. The van der Waals surface area contributed by atoms with Crippen molar-refractivity contribution < 1.29 is 9.18 Å². The number of carbonyl (C=O) groups is 1. The van der Waals surface area contributed by atoms with E-state index in [1.165, 1.54) is 18.6 Å². The van der Waals surface area contributed by atoms with E-state index >= 15 is 0 Å². The number of hydrogen-bond donors (Lipinski definition) is 2. The molecule has 2 fully saturated rings. The molecule has 0 spiro atoms. The molecule has 1 amide bonds. The van der Waals surface area contributed by atoms with Crippen LogP contribution in [0.5, 0.6) is 0 Å². The molecule has 0 bridgehead atoms. The van der Waals surface area contributed by atoms with E-state index in [2.05, 4.69) is 15.7 Å². The summed E-state index contributed by atoms with van der Waals surface area (Å²) in [4.78, 5) is 12.7. The molecule has 1 atom stereocenters. The van der Waals surface area contributed by atoms with Gasteiger partial charge >= 0.3 is 0 Å². The molecule has 5 nitrogen and oxygen atoms in total. The first-order valence-corrected chi connectivity index (χ1v) is 10.5. The van der Waals surface area contributed by atoms with Crippen LogP contribution in [0.2, 0.25) is 0 Å². The summed E-state index contributed by atoms with van der Waals surface area (Å²) in [6.07, 6.45) is 9.64. The zero-order chi connectivity index (χ0) is 19.4. The molecule has 1 aromatic heterocycles. The lowest BCUT2D eigenvalue weighted by Crippen LogP contribution is -2.42. The quantitative estimate of drug-likeness (QED) is 0.828. The Bertz CT molecular complexity index is 789. The Balaban J connectivity index is 1.44. The van der Waals surface area contributed by atoms with E-state index in [1.54, 1.807) is 6.07 Å². The van der Waals surface area contributed by atoms with Crippen LogP contribution in [-0.2, 0) is 5.41 Å². The predicted octanol–water partition coefficient (Wildman–Crippen LogP) is 3.58. The minimum Gasteiger partial charge on any atom is -0.350 e. The summed E-state index contributed by atoms with van der Waals surface area (Å²) >= 11 is 0. The summed E-state index contributed by atoms with van der Waals surface area (Å²) < 4.78 is 15.3. The fourth-order valence-electron chi connectivity index (χ4n) is 4.66. The van der Waals surface area contributed by atoms with Gasteiger partial charge in [-0.05, 0) is 56.0 Å². The lowest BCUT2D eigenvalue weighted by molar-refractivity contribution is 0.0930. The van der Waals surface area contributed by atoms with Gasteiger partial charge in [-0.2, -0.15) is 5.10 Å². The molecule has 2 heterocycles. The van der Waals surface area contributed by atoms with E-state index in [0.29, 0.717) is 18.3 Å². The minimum absolute atomic E-state index is 0.114. The maximum absolute atomic E-state index is 13.4. The Morgan fingerprint density at radius 3 is 2.68 bits per heavy atom. The highest BCUT2D eigenvalue weighted by atomic mass is 19.1. The third kappa shape index (κ3) is 4.12. The number of benzene rings is 1. The zero-order valence-electron chi connectivity index (χ0n) is 16.3. The van der Waals surface area contributed by atoms with Crippen molar-refractivity contribution in [2.45, 2.75) is 56.4 Å². The van der Waals surface area contributed by atoms with Gasteiger partial charge in [0.25, 0.3) is 5.91 Å². The summed E-state index contributed by atoms with van der Waals surface area (Å²) in [7, 11) is 0. The minimum atomic E-state index is -0.221. The number of halogens is 1. The number of rotatable bonds is 5. The van der Waals surface area contributed by atoms with Crippen LogP contribution in [0.15, 0.2) is 36.5 Å². The van der Waals surface area contributed by atoms with Crippen LogP contribution >= 0.6 is 0 Å². The molecule has 1 aromatic carbocycles. The molecule has 2 N–H and O–H groups in total. The fourth-order valence-corrected chi connectivity index (χ4v) is 4.66. The first-order chi connectivity index (χ1) is 13.7. The Kier molecular flexibility index (Phi) is 5.76. The molecule has 1 saturated heterocycles. The second-order valence-electron chi connectivity index (χ2n) is 8.21. The van der Waals surface area contributed by atoms with Crippen LogP contribution in [0.25, 0.3) is 0 Å². The SMILES string of the molecule is O=C(NCC1(c2ccc(F)cc2)CCCCC1)c1ccn(C2CCCNC2)n1. The van der Waals surface area contributed by atoms with Crippen molar-refractivity contribution in [1.29, 1.82) is 0 Å². The van der Waals surface area contributed by atoms with E-state index in [4.69, 9.17) is 0 Å². The van der Waals surface area contributed by atoms with Gasteiger partial charge < -0.3 is 10.6 Å². The second-order valence-corrected chi connectivity index (χ2v) is 8.21. The van der Waals surface area contributed by atoms with Crippen molar-refractivity contribution in [2.24, 2.45) is 0 Å². The Labute approximate surface area is 165 Å². The van der Waals surface area contributed by atoms with Crippen LogP contribution < -0.4 is 10.6 Å². The highest BCUT2D eigenvalue weighted by molar-refractivity contribution is 5.92. The number of hydrogen-bond acceptors (Lipinski definition) is 3. The van der Waals surface area contributed by atoms with Gasteiger partial charge in [-0.15, -0.1) is 0 Å². The number of piperidine rings is 1. The van der Waals surface area contributed by atoms with E-state index in [-0.39, 0.29) is 17.1 Å². The summed E-state index contributed by atoms with van der Waals surface area (Å²) in [5.41, 5.74) is 1.47. The molecule has 28 heavy (non-hydrogen) atoms. The van der Waals surface area contributed by atoms with E-state index in [9.17, 15) is 9.18 Å². The molecule has 2 aromatic rings. The first-order valence-electron chi connectivity index (χ1n) is 10.5. The molecule has 0 radical (unpaired) electrons. The molecule has 150 valence electrons. The van der Waals surface area contributed by atoms with Crippen LogP contribution in [-0.4, -0.2) is 35.3 Å². The average molecular weight is 384 g/mol. The largest absolute Gasteiger partial charge is 0.350 e. The number of nitrogens with one attached hydrogen (secondary N) is 2. The van der Waals surface area contributed by atoms with Gasteiger partial charge in [0.15, 0.2) is 0 Å². The maximum Gasteiger partial charge on any atom is 0.271 e. The average Bonchev–Trinajstić information content (AvgIpc) is 3.24. The molecule has 1 aliphatic heterocycles. The summed E-state index contributed by atoms with van der Waals surface area (Å²) in [5.74, 6) is -0.351. The Hall–Kier alpha value is -2.21. The van der Waals surface area contributed by atoms with Crippen molar-refractivity contribution in [1.82, 2.24) is 20.4 Å². The molecule has 4 rings (SSSR count). The van der Waals surface area contributed by atoms with Gasteiger partial charge in [0, 0.05) is 24.7 Å². The zero-order valence-corrected chi connectivity index (χ0v) is 16.3. The van der Waals surface area contributed by atoms with Crippen molar-refractivity contribution >= 4 is 5.91 Å². The van der Waals surface area contributed by atoms with E-state index in [1.807, 2.05) is 23.0 Å². The standard InChI is InChI=1S/C22H29FN4O/c23-18-8-6-17(7-9-18)22(11-2-1-3-12-22)16-25-21(28)20-10-14-27(26-20)19-5-4-13-24-15-19/h6-10,14,19,24H,1-5,11-13,15-16H2,(H,25,28). The summed E-state index contributed by atoms with van der Waals surface area (Å²) in [6, 6.07) is 8.91.